The fourth-order valence-corrected chi connectivity index (χ4v) is 3.21. The summed E-state index contributed by atoms with van der Waals surface area (Å²) in [5, 5.41) is 3.01. The van der Waals surface area contributed by atoms with Crippen molar-refractivity contribution in [3.05, 3.63) is 83.9 Å². The Hall–Kier alpha value is -3.40. The molecule has 134 valence electrons. The summed E-state index contributed by atoms with van der Waals surface area (Å²) in [7, 11) is 0. The Labute approximate surface area is 158 Å². The first kappa shape index (κ1) is 17.0. The lowest BCUT2D eigenvalue weighted by Crippen LogP contribution is -2.19. The lowest BCUT2D eigenvalue weighted by Gasteiger charge is -2.12. The number of carbonyl (C=O) groups excluding carboxylic acids is 1. The number of aromatic nitrogens is 2. The molecule has 0 fully saturated rings. The molecule has 0 saturated carbocycles. The number of fused-ring (bicyclic) bond motifs is 1. The first-order chi connectivity index (χ1) is 13.1. The molecule has 4 rings (SSSR count). The van der Waals surface area contributed by atoms with Crippen LogP contribution in [0, 0.1) is 13.8 Å². The molecule has 3 aromatic carbocycles. The SMILES string of the molecule is Cc1ccc(-c2nc3ccccc3n2CC(=O)Nc2ccccc2C)cc1. The first-order valence-corrected chi connectivity index (χ1v) is 8.99. The fraction of sp³-hybridized carbons (Fsp3) is 0.130. The zero-order valence-electron chi connectivity index (χ0n) is 15.4. The number of hydrogen-bond donors (Lipinski definition) is 1. The van der Waals surface area contributed by atoms with Crippen LogP contribution < -0.4 is 5.32 Å². The van der Waals surface area contributed by atoms with E-state index in [-0.39, 0.29) is 12.5 Å². The number of rotatable bonds is 4. The van der Waals surface area contributed by atoms with Gasteiger partial charge in [-0.05, 0) is 37.6 Å². The normalized spacial score (nSPS) is 10.9. The molecule has 0 unspecified atom stereocenters. The monoisotopic (exact) mass is 355 g/mol. The van der Waals surface area contributed by atoms with Gasteiger partial charge in [0, 0.05) is 11.3 Å². The van der Waals surface area contributed by atoms with Crippen molar-refractivity contribution in [2.75, 3.05) is 5.32 Å². The van der Waals surface area contributed by atoms with E-state index in [2.05, 4.69) is 24.4 Å². The summed E-state index contributed by atoms with van der Waals surface area (Å²) in [5.41, 5.74) is 5.91. The van der Waals surface area contributed by atoms with Gasteiger partial charge in [0.05, 0.1) is 11.0 Å². The van der Waals surface area contributed by atoms with Gasteiger partial charge in [-0.25, -0.2) is 4.98 Å². The van der Waals surface area contributed by atoms with Gasteiger partial charge >= 0.3 is 0 Å². The van der Waals surface area contributed by atoms with Crippen LogP contribution in [0.4, 0.5) is 5.69 Å². The molecule has 0 aliphatic rings. The Morgan fingerprint density at radius 1 is 0.926 bits per heavy atom. The maximum absolute atomic E-state index is 12.8. The molecule has 0 saturated heterocycles. The van der Waals surface area contributed by atoms with Gasteiger partial charge in [-0.1, -0.05) is 60.2 Å². The van der Waals surface area contributed by atoms with Crippen LogP contribution in [0.15, 0.2) is 72.8 Å². The smallest absolute Gasteiger partial charge is 0.244 e. The third kappa shape index (κ3) is 3.47. The van der Waals surface area contributed by atoms with E-state index in [1.54, 1.807) is 0 Å². The minimum Gasteiger partial charge on any atom is -0.324 e. The van der Waals surface area contributed by atoms with E-state index < -0.39 is 0 Å². The van der Waals surface area contributed by atoms with Crippen LogP contribution in [0.3, 0.4) is 0 Å². The van der Waals surface area contributed by atoms with Crippen LogP contribution in [0.5, 0.6) is 0 Å². The van der Waals surface area contributed by atoms with Gasteiger partial charge in [0.25, 0.3) is 0 Å². The average Bonchev–Trinajstić information content (AvgIpc) is 3.03. The van der Waals surface area contributed by atoms with Crippen molar-refractivity contribution in [1.29, 1.82) is 0 Å². The molecule has 0 aliphatic carbocycles. The summed E-state index contributed by atoms with van der Waals surface area (Å²) in [6.45, 7) is 4.25. The topological polar surface area (TPSA) is 46.9 Å². The highest BCUT2D eigenvalue weighted by molar-refractivity contribution is 5.93. The standard InChI is InChI=1S/C23H21N3O/c1-16-11-13-18(14-12-16)23-25-20-9-5-6-10-21(20)26(23)15-22(27)24-19-8-4-3-7-17(19)2/h3-14H,15H2,1-2H3,(H,24,27). The third-order valence-corrected chi connectivity index (χ3v) is 4.69. The number of carbonyl (C=O) groups is 1. The first-order valence-electron chi connectivity index (χ1n) is 8.99. The van der Waals surface area contributed by atoms with Crippen LogP contribution in [0.2, 0.25) is 0 Å². The van der Waals surface area contributed by atoms with Crippen molar-refractivity contribution in [1.82, 2.24) is 9.55 Å². The summed E-state index contributed by atoms with van der Waals surface area (Å²) in [5.74, 6) is 0.733. The van der Waals surface area contributed by atoms with Crippen molar-refractivity contribution >= 4 is 22.6 Å². The second-order valence-corrected chi connectivity index (χ2v) is 6.74. The third-order valence-electron chi connectivity index (χ3n) is 4.69. The summed E-state index contributed by atoms with van der Waals surface area (Å²) in [6.07, 6.45) is 0. The molecule has 1 amide bonds. The van der Waals surface area contributed by atoms with E-state index in [0.717, 1.165) is 33.7 Å². The van der Waals surface area contributed by atoms with Gasteiger partial charge in [0.2, 0.25) is 5.91 Å². The van der Waals surface area contributed by atoms with E-state index in [0.29, 0.717) is 0 Å². The summed E-state index contributed by atoms with van der Waals surface area (Å²) in [4.78, 5) is 17.5. The predicted octanol–water partition coefficient (Wildman–Crippen LogP) is 4.96. The molecule has 1 heterocycles. The van der Waals surface area contributed by atoms with Crippen LogP contribution in [-0.4, -0.2) is 15.5 Å². The zero-order chi connectivity index (χ0) is 18.8. The number of anilines is 1. The van der Waals surface area contributed by atoms with Crippen LogP contribution >= 0.6 is 0 Å². The molecule has 4 nitrogen and oxygen atoms in total. The number of amides is 1. The number of hydrogen-bond acceptors (Lipinski definition) is 2. The fourth-order valence-electron chi connectivity index (χ4n) is 3.21. The highest BCUT2D eigenvalue weighted by atomic mass is 16.1. The predicted molar refractivity (Wildman–Crippen MR) is 110 cm³/mol. The number of benzene rings is 3. The second kappa shape index (κ2) is 7.08. The average molecular weight is 355 g/mol. The zero-order valence-corrected chi connectivity index (χ0v) is 15.4. The molecule has 0 aliphatic heterocycles. The Morgan fingerprint density at radius 3 is 2.41 bits per heavy atom. The summed E-state index contributed by atoms with van der Waals surface area (Å²) in [6, 6.07) is 23.9. The number of para-hydroxylation sites is 3. The molecular formula is C23H21N3O. The number of nitrogens with zero attached hydrogens (tertiary/aromatic N) is 2. The van der Waals surface area contributed by atoms with Gasteiger partial charge in [0.1, 0.15) is 12.4 Å². The van der Waals surface area contributed by atoms with E-state index >= 15 is 0 Å². The molecule has 0 spiro atoms. The lowest BCUT2D eigenvalue weighted by atomic mass is 10.1. The summed E-state index contributed by atoms with van der Waals surface area (Å²) < 4.78 is 1.98. The Kier molecular flexibility index (Phi) is 4.47. The number of imidazole rings is 1. The lowest BCUT2D eigenvalue weighted by molar-refractivity contribution is -0.116. The van der Waals surface area contributed by atoms with Gasteiger partial charge < -0.3 is 9.88 Å². The molecule has 1 N–H and O–H groups in total. The van der Waals surface area contributed by atoms with Gasteiger partial charge in [-0.3, -0.25) is 4.79 Å². The van der Waals surface area contributed by atoms with Crippen molar-refractivity contribution in [2.24, 2.45) is 0 Å². The minimum atomic E-state index is -0.0687. The van der Waals surface area contributed by atoms with Crippen molar-refractivity contribution < 1.29 is 4.79 Å². The van der Waals surface area contributed by atoms with Crippen LogP contribution in [0.1, 0.15) is 11.1 Å². The minimum absolute atomic E-state index is 0.0687. The van der Waals surface area contributed by atoms with E-state index in [4.69, 9.17) is 4.98 Å². The highest BCUT2D eigenvalue weighted by Gasteiger charge is 2.15. The molecular weight excluding hydrogens is 334 g/mol. The Bertz CT molecular complexity index is 1110. The number of nitrogens with one attached hydrogen (secondary N) is 1. The Morgan fingerprint density at radius 2 is 1.63 bits per heavy atom. The van der Waals surface area contributed by atoms with E-state index in [1.165, 1.54) is 5.56 Å². The van der Waals surface area contributed by atoms with Crippen LogP contribution in [0.25, 0.3) is 22.4 Å². The highest BCUT2D eigenvalue weighted by Crippen LogP contribution is 2.25. The molecule has 0 radical (unpaired) electrons. The molecule has 4 aromatic rings. The van der Waals surface area contributed by atoms with Gasteiger partial charge in [-0.15, -0.1) is 0 Å². The second-order valence-electron chi connectivity index (χ2n) is 6.74. The largest absolute Gasteiger partial charge is 0.324 e. The van der Waals surface area contributed by atoms with Crippen molar-refractivity contribution in [3.63, 3.8) is 0 Å². The van der Waals surface area contributed by atoms with Crippen molar-refractivity contribution in [2.45, 2.75) is 20.4 Å². The molecule has 27 heavy (non-hydrogen) atoms. The van der Waals surface area contributed by atoms with Crippen LogP contribution in [-0.2, 0) is 11.3 Å². The van der Waals surface area contributed by atoms with Crippen molar-refractivity contribution in [3.8, 4) is 11.4 Å². The van der Waals surface area contributed by atoms with E-state index in [9.17, 15) is 4.79 Å². The molecule has 1 aromatic heterocycles. The molecule has 4 heteroatoms. The molecule has 0 atom stereocenters. The summed E-state index contributed by atoms with van der Waals surface area (Å²) >= 11 is 0. The van der Waals surface area contributed by atoms with Gasteiger partial charge in [0.15, 0.2) is 0 Å². The maximum atomic E-state index is 12.8. The quantitative estimate of drug-likeness (QED) is 0.562. The van der Waals surface area contributed by atoms with Gasteiger partial charge in [-0.2, -0.15) is 0 Å². The maximum Gasteiger partial charge on any atom is 0.244 e. The molecule has 0 bridgehead atoms. The van der Waals surface area contributed by atoms with E-state index in [1.807, 2.05) is 72.2 Å². The Balaban J connectivity index is 1.71. The number of aryl methyl sites for hydroxylation is 2.